The molecule has 3 nitrogen and oxygen atoms in total. The van der Waals surface area contributed by atoms with E-state index in [4.69, 9.17) is 9.47 Å². The highest BCUT2D eigenvalue weighted by molar-refractivity contribution is 5.33. The zero-order valence-electron chi connectivity index (χ0n) is 13.2. The summed E-state index contributed by atoms with van der Waals surface area (Å²) in [5.74, 6) is 0.983. The minimum absolute atomic E-state index is 0.347. The van der Waals surface area contributed by atoms with Gasteiger partial charge in [-0.2, -0.15) is 0 Å². The number of aryl methyl sites for hydroxylation is 2. The SMILES string of the molecule is Cc1ccc(OCCCN2CC(C)OC(C)C2)cc1C. The van der Waals surface area contributed by atoms with Gasteiger partial charge in [0.15, 0.2) is 0 Å². The summed E-state index contributed by atoms with van der Waals surface area (Å²) in [4.78, 5) is 2.47. The minimum Gasteiger partial charge on any atom is -0.494 e. The summed E-state index contributed by atoms with van der Waals surface area (Å²) in [7, 11) is 0. The van der Waals surface area contributed by atoms with E-state index in [-0.39, 0.29) is 0 Å². The number of ether oxygens (including phenoxy) is 2. The molecule has 1 aromatic carbocycles. The van der Waals surface area contributed by atoms with Crippen LogP contribution in [-0.4, -0.2) is 43.3 Å². The van der Waals surface area contributed by atoms with Crippen LogP contribution in [0.4, 0.5) is 0 Å². The first-order valence-electron chi connectivity index (χ1n) is 7.62. The van der Waals surface area contributed by atoms with Crippen molar-refractivity contribution in [2.45, 2.75) is 46.3 Å². The number of hydrogen-bond donors (Lipinski definition) is 0. The molecule has 1 fully saturated rings. The van der Waals surface area contributed by atoms with E-state index in [2.05, 4.69) is 50.8 Å². The highest BCUT2D eigenvalue weighted by atomic mass is 16.5. The van der Waals surface area contributed by atoms with E-state index in [1.165, 1.54) is 11.1 Å². The first-order valence-corrected chi connectivity index (χ1v) is 7.62. The van der Waals surface area contributed by atoms with Crippen molar-refractivity contribution < 1.29 is 9.47 Å². The summed E-state index contributed by atoms with van der Waals surface area (Å²) in [5.41, 5.74) is 2.60. The van der Waals surface area contributed by atoms with Crippen LogP contribution < -0.4 is 4.74 Å². The number of morpholine rings is 1. The molecule has 0 radical (unpaired) electrons. The first-order chi connectivity index (χ1) is 9.54. The van der Waals surface area contributed by atoms with Crippen molar-refractivity contribution in [1.29, 1.82) is 0 Å². The van der Waals surface area contributed by atoms with Gasteiger partial charge in [-0.05, 0) is 57.4 Å². The molecule has 2 rings (SSSR count). The van der Waals surface area contributed by atoms with Gasteiger partial charge in [0, 0.05) is 19.6 Å². The molecule has 1 aliphatic rings. The van der Waals surface area contributed by atoms with Gasteiger partial charge in [0.05, 0.1) is 18.8 Å². The third-order valence-electron chi connectivity index (χ3n) is 3.86. The lowest BCUT2D eigenvalue weighted by Gasteiger charge is -2.35. The number of hydrogen-bond acceptors (Lipinski definition) is 3. The van der Waals surface area contributed by atoms with Gasteiger partial charge in [-0.15, -0.1) is 0 Å². The zero-order valence-corrected chi connectivity index (χ0v) is 13.2. The molecule has 0 N–H and O–H groups in total. The highest BCUT2D eigenvalue weighted by Gasteiger charge is 2.21. The van der Waals surface area contributed by atoms with Gasteiger partial charge in [0.2, 0.25) is 0 Å². The summed E-state index contributed by atoms with van der Waals surface area (Å²) in [5, 5.41) is 0. The lowest BCUT2D eigenvalue weighted by atomic mass is 10.1. The van der Waals surface area contributed by atoms with Gasteiger partial charge in [-0.3, -0.25) is 4.90 Å². The molecular formula is C17H27NO2. The second-order valence-corrected chi connectivity index (χ2v) is 5.96. The predicted molar refractivity (Wildman–Crippen MR) is 82.5 cm³/mol. The predicted octanol–water partition coefficient (Wildman–Crippen LogP) is 3.18. The maximum absolute atomic E-state index is 5.83. The van der Waals surface area contributed by atoms with Gasteiger partial charge >= 0.3 is 0 Å². The Morgan fingerprint density at radius 3 is 2.50 bits per heavy atom. The highest BCUT2D eigenvalue weighted by Crippen LogP contribution is 2.17. The van der Waals surface area contributed by atoms with Crippen LogP contribution in [-0.2, 0) is 4.74 Å². The maximum Gasteiger partial charge on any atom is 0.119 e. The summed E-state index contributed by atoms with van der Waals surface area (Å²) >= 11 is 0. The quantitative estimate of drug-likeness (QED) is 0.772. The molecule has 1 aromatic rings. The normalized spacial score (nSPS) is 23.8. The van der Waals surface area contributed by atoms with E-state index < -0.39 is 0 Å². The Morgan fingerprint density at radius 2 is 1.85 bits per heavy atom. The monoisotopic (exact) mass is 277 g/mol. The lowest BCUT2D eigenvalue weighted by molar-refractivity contribution is -0.0686. The van der Waals surface area contributed by atoms with Crippen LogP contribution in [0.3, 0.4) is 0 Å². The summed E-state index contributed by atoms with van der Waals surface area (Å²) < 4.78 is 11.6. The third-order valence-corrected chi connectivity index (χ3v) is 3.86. The van der Waals surface area contributed by atoms with Crippen LogP contribution in [0.15, 0.2) is 18.2 Å². The molecule has 0 spiro atoms. The van der Waals surface area contributed by atoms with Crippen molar-refractivity contribution in [2.24, 2.45) is 0 Å². The molecular weight excluding hydrogens is 250 g/mol. The second kappa shape index (κ2) is 7.09. The topological polar surface area (TPSA) is 21.7 Å². The van der Waals surface area contributed by atoms with Crippen LogP contribution in [0.5, 0.6) is 5.75 Å². The Balaban J connectivity index is 1.69. The second-order valence-electron chi connectivity index (χ2n) is 5.96. The molecule has 0 aliphatic carbocycles. The van der Waals surface area contributed by atoms with E-state index in [1.54, 1.807) is 0 Å². The van der Waals surface area contributed by atoms with Crippen molar-refractivity contribution in [1.82, 2.24) is 4.90 Å². The van der Waals surface area contributed by atoms with Gasteiger partial charge < -0.3 is 9.47 Å². The van der Waals surface area contributed by atoms with E-state index in [0.29, 0.717) is 12.2 Å². The average molecular weight is 277 g/mol. The molecule has 20 heavy (non-hydrogen) atoms. The standard InChI is InChI=1S/C17H27NO2/c1-13-6-7-17(10-14(13)2)19-9-5-8-18-11-15(3)20-16(4)12-18/h6-7,10,15-16H,5,8-9,11-12H2,1-4H3. The van der Waals surface area contributed by atoms with E-state index in [9.17, 15) is 0 Å². The fourth-order valence-corrected chi connectivity index (χ4v) is 2.75. The van der Waals surface area contributed by atoms with Crippen molar-refractivity contribution >= 4 is 0 Å². The van der Waals surface area contributed by atoms with Crippen LogP contribution >= 0.6 is 0 Å². The van der Waals surface area contributed by atoms with Gasteiger partial charge in [0.25, 0.3) is 0 Å². The minimum atomic E-state index is 0.347. The van der Waals surface area contributed by atoms with Crippen LogP contribution in [0.25, 0.3) is 0 Å². The molecule has 0 amide bonds. The molecule has 3 heteroatoms. The molecule has 0 bridgehead atoms. The Kier molecular flexibility index (Phi) is 5.44. The zero-order chi connectivity index (χ0) is 14.5. The largest absolute Gasteiger partial charge is 0.494 e. The molecule has 0 saturated carbocycles. The number of benzene rings is 1. The molecule has 1 heterocycles. The smallest absolute Gasteiger partial charge is 0.119 e. The maximum atomic E-state index is 5.83. The fraction of sp³-hybridized carbons (Fsp3) is 0.647. The van der Waals surface area contributed by atoms with Crippen molar-refractivity contribution in [2.75, 3.05) is 26.2 Å². The summed E-state index contributed by atoms with van der Waals surface area (Å²) in [6.45, 7) is 12.5. The molecule has 112 valence electrons. The molecule has 2 atom stereocenters. The van der Waals surface area contributed by atoms with Gasteiger partial charge in [-0.25, -0.2) is 0 Å². The Morgan fingerprint density at radius 1 is 1.15 bits per heavy atom. The van der Waals surface area contributed by atoms with Crippen molar-refractivity contribution in [3.63, 3.8) is 0 Å². The molecule has 1 aliphatic heterocycles. The fourth-order valence-electron chi connectivity index (χ4n) is 2.75. The number of nitrogens with zero attached hydrogens (tertiary/aromatic N) is 1. The Hall–Kier alpha value is -1.06. The van der Waals surface area contributed by atoms with Crippen LogP contribution in [0, 0.1) is 13.8 Å². The van der Waals surface area contributed by atoms with E-state index >= 15 is 0 Å². The third kappa shape index (κ3) is 4.50. The van der Waals surface area contributed by atoms with E-state index in [1.807, 2.05) is 0 Å². The first kappa shape index (κ1) is 15.3. The molecule has 1 saturated heterocycles. The van der Waals surface area contributed by atoms with Gasteiger partial charge in [0.1, 0.15) is 5.75 Å². The Bertz CT molecular complexity index is 423. The Labute approximate surface area is 122 Å². The lowest BCUT2D eigenvalue weighted by Crippen LogP contribution is -2.45. The molecule has 0 aromatic heterocycles. The van der Waals surface area contributed by atoms with Gasteiger partial charge in [-0.1, -0.05) is 6.07 Å². The van der Waals surface area contributed by atoms with Crippen LogP contribution in [0.2, 0.25) is 0 Å². The van der Waals surface area contributed by atoms with Crippen molar-refractivity contribution in [3.05, 3.63) is 29.3 Å². The van der Waals surface area contributed by atoms with Crippen LogP contribution in [0.1, 0.15) is 31.4 Å². The molecule has 2 unspecified atom stereocenters. The summed E-state index contributed by atoms with van der Waals surface area (Å²) in [6.07, 6.45) is 1.76. The summed E-state index contributed by atoms with van der Waals surface area (Å²) in [6, 6.07) is 6.30. The van der Waals surface area contributed by atoms with E-state index in [0.717, 1.165) is 38.4 Å². The number of rotatable bonds is 5. The average Bonchev–Trinajstić information content (AvgIpc) is 2.38. The van der Waals surface area contributed by atoms with Crippen molar-refractivity contribution in [3.8, 4) is 5.75 Å².